The Hall–Kier alpha value is -2.70. The van der Waals surface area contributed by atoms with Gasteiger partial charge in [0.25, 0.3) is 5.56 Å². The van der Waals surface area contributed by atoms with Gasteiger partial charge in [-0.2, -0.15) is 5.26 Å². The van der Waals surface area contributed by atoms with Crippen molar-refractivity contribution in [2.24, 2.45) is 0 Å². The van der Waals surface area contributed by atoms with Gasteiger partial charge in [0.1, 0.15) is 15.9 Å². The second-order valence-electron chi connectivity index (χ2n) is 5.32. The Labute approximate surface area is 160 Å². The maximum absolute atomic E-state index is 12.8. The summed E-state index contributed by atoms with van der Waals surface area (Å²) in [6.45, 7) is 1.89. The van der Waals surface area contributed by atoms with Crippen LogP contribution in [0.1, 0.15) is 27.7 Å². The summed E-state index contributed by atoms with van der Waals surface area (Å²) >= 11 is 4.32. The molecule has 0 unspecified atom stereocenters. The summed E-state index contributed by atoms with van der Waals surface area (Å²) in [6.07, 6.45) is 1.39. The first-order valence-electron chi connectivity index (χ1n) is 7.59. The van der Waals surface area contributed by atoms with E-state index in [-0.39, 0.29) is 34.2 Å². The number of hydrogen-bond acceptors (Lipinski definition) is 7. The van der Waals surface area contributed by atoms with Crippen LogP contribution in [-0.4, -0.2) is 22.1 Å². The molecule has 0 aliphatic heterocycles. The molecule has 3 rings (SSSR count). The molecule has 0 fully saturated rings. The van der Waals surface area contributed by atoms with Crippen molar-refractivity contribution in [1.82, 2.24) is 9.55 Å². The van der Waals surface area contributed by atoms with E-state index in [2.05, 4.69) is 20.9 Å². The Bertz CT molecular complexity index is 1110. The monoisotopic (exact) mass is 432 g/mol. The highest BCUT2D eigenvalue weighted by Gasteiger charge is 2.23. The maximum atomic E-state index is 12.8. The number of ether oxygens (including phenoxy) is 1. The summed E-state index contributed by atoms with van der Waals surface area (Å²) in [5.74, 6) is -0.565. The van der Waals surface area contributed by atoms with Crippen molar-refractivity contribution in [2.45, 2.75) is 13.5 Å². The quantitative estimate of drug-likeness (QED) is 0.634. The van der Waals surface area contributed by atoms with Gasteiger partial charge in [-0.3, -0.25) is 9.36 Å². The minimum atomic E-state index is -0.565. The van der Waals surface area contributed by atoms with E-state index in [4.69, 9.17) is 10.5 Å². The molecule has 3 aromatic rings. The van der Waals surface area contributed by atoms with Crippen LogP contribution in [0.15, 0.2) is 33.8 Å². The van der Waals surface area contributed by atoms with Crippen LogP contribution in [0.3, 0.4) is 0 Å². The maximum Gasteiger partial charge on any atom is 0.348 e. The molecule has 2 heterocycles. The van der Waals surface area contributed by atoms with Gasteiger partial charge < -0.3 is 10.5 Å². The Morgan fingerprint density at radius 2 is 2.27 bits per heavy atom. The zero-order chi connectivity index (χ0) is 18.8. The van der Waals surface area contributed by atoms with E-state index in [1.54, 1.807) is 25.1 Å². The average Bonchev–Trinajstić information content (AvgIpc) is 2.93. The van der Waals surface area contributed by atoms with Gasteiger partial charge in [0.2, 0.25) is 0 Å². The molecule has 2 N–H and O–H groups in total. The molecular formula is C17H13BrN4O3S. The predicted molar refractivity (Wildman–Crippen MR) is 102 cm³/mol. The van der Waals surface area contributed by atoms with Gasteiger partial charge in [0, 0.05) is 10.0 Å². The standard InChI is InChI=1S/C17H13BrN4O3S/c1-2-25-17(24)14-12(11(6-19)15(20)26-14)7-22-8-21-13-4-3-9(18)5-10(13)16(22)23/h3-5,8H,2,7,20H2,1H3. The lowest BCUT2D eigenvalue weighted by Crippen LogP contribution is -2.22. The summed E-state index contributed by atoms with van der Waals surface area (Å²) in [7, 11) is 0. The third-order valence-electron chi connectivity index (χ3n) is 3.72. The van der Waals surface area contributed by atoms with Crippen LogP contribution in [-0.2, 0) is 11.3 Å². The number of thiophene rings is 1. The first kappa shape index (κ1) is 18.1. The molecule has 0 saturated carbocycles. The number of nitriles is 1. The van der Waals surface area contributed by atoms with Crippen LogP contribution in [0.2, 0.25) is 0 Å². The van der Waals surface area contributed by atoms with Crippen molar-refractivity contribution < 1.29 is 9.53 Å². The fourth-order valence-corrected chi connectivity index (χ4v) is 3.82. The molecule has 0 aliphatic rings. The number of aromatic nitrogens is 2. The Morgan fingerprint density at radius 1 is 1.50 bits per heavy atom. The lowest BCUT2D eigenvalue weighted by atomic mass is 10.1. The smallest absolute Gasteiger partial charge is 0.348 e. The van der Waals surface area contributed by atoms with E-state index in [1.807, 2.05) is 6.07 Å². The van der Waals surface area contributed by atoms with E-state index in [1.165, 1.54) is 10.9 Å². The number of nitrogen functional groups attached to an aromatic ring is 1. The van der Waals surface area contributed by atoms with Crippen LogP contribution in [0.25, 0.3) is 10.9 Å². The third kappa shape index (κ3) is 3.21. The topological polar surface area (TPSA) is 111 Å². The van der Waals surface area contributed by atoms with Gasteiger partial charge in [0.05, 0.1) is 35.9 Å². The number of carbonyl (C=O) groups excluding carboxylic acids is 1. The SMILES string of the molecule is CCOC(=O)c1sc(N)c(C#N)c1Cn1cnc2ccc(Br)cc2c1=O. The Kier molecular flexibility index (Phi) is 5.06. The average molecular weight is 433 g/mol. The summed E-state index contributed by atoms with van der Waals surface area (Å²) in [4.78, 5) is 29.5. The normalized spacial score (nSPS) is 10.7. The number of halogens is 1. The lowest BCUT2D eigenvalue weighted by Gasteiger charge is -2.08. The molecule has 2 aromatic heterocycles. The van der Waals surface area contributed by atoms with Gasteiger partial charge in [-0.25, -0.2) is 9.78 Å². The summed E-state index contributed by atoms with van der Waals surface area (Å²) < 4.78 is 7.14. The number of hydrogen-bond donors (Lipinski definition) is 1. The molecular weight excluding hydrogens is 420 g/mol. The highest BCUT2D eigenvalue weighted by atomic mass is 79.9. The van der Waals surface area contributed by atoms with Crippen LogP contribution in [0.4, 0.5) is 5.00 Å². The van der Waals surface area contributed by atoms with Crippen LogP contribution >= 0.6 is 27.3 Å². The van der Waals surface area contributed by atoms with Crippen molar-refractivity contribution >= 4 is 49.1 Å². The fraction of sp³-hybridized carbons (Fsp3) is 0.176. The molecule has 9 heteroatoms. The molecule has 0 radical (unpaired) electrons. The third-order valence-corrected chi connectivity index (χ3v) is 5.26. The fourth-order valence-electron chi connectivity index (χ4n) is 2.53. The molecule has 0 amide bonds. The van der Waals surface area contributed by atoms with Crippen LogP contribution < -0.4 is 11.3 Å². The van der Waals surface area contributed by atoms with E-state index in [9.17, 15) is 14.9 Å². The van der Waals surface area contributed by atoms with E-state index >= 15 is 0 Å². The number of nitrogens with two attached hydrogens (primary N) is 1. The number of fused-ring (bicyclic) bond motifs is 1. The van der Waals surface area contributed by atoms with Gasteiger partial charge in [-0.1, -0.05) is 15.9 Å². The van der Waals surface area contributed by atoms with Gasteiger partial charge in [-0.15, -0.1) is 11.3 Å². The Morgan fingerprint density at radius 3 is 2.96 bits per heavy atom. The second-order valence-corrected chi connectivity index (χ2v) is 7.29. The minimum Gasteiger partial charge on any atom is -0.462 e. The molecule has 0 aliphatic carbocycles. The van der Waals surface area contributed by atoms with Crippen LogP contribution in [0, 0.1) is 11.3 Å². The Balaban J connectivity index is 2.13. The largest absolute Gasteiger partial charge is 0.462 e. The van der Waals surface area contributed by atoms with E-state index in [0.29, 0.717) is 16.5 Å². The number of benzene rings is 1. The minimum absolute atomic E-state index is 0.000965. The summed E-state index contributed by atoms with van der Waals surface area (Å²) in [5.41, 5.74) is 6.70. The molecule has 7 nitrogen and oxygen atoms in total. The van der Waals surface area contributed by atoms with E-state index in [0.717, 1.165) is 15.8 Å². The number of rotatable bonds is 4. The number of anilines is 1. The van der Waals surface area contributed by atoms with Crippen molar-refractivity contribution in [3.05, 3.63) is 55.4 Å². The molecule has 0 atom stereocenters. The zero-order valence-corrected chi connectivity index (χ0v) is 16.1. The lowest BCUT2D eigenvalue weighted by molar-refractivity contribution is 0.0531. The molecule has 0 spiro atoms. The molecule has 0 saturated heterocycles. The van der Waals surface area contributed by atoms with Gasteiger partial charge in [-0.05, 0) is 25.1 Å². The van der Waals surface area contributed by atoms with Gasteiger partial charge in [0.15, 0.2) is 0 Å². The zero-order valence-electron chi connectivity index (χ0n) is 13.7. The second kappa shape index (κ2) is 7.27. The first-order valence-corrected chi connectivity index (χ1v) is 9.20. The number of esters is 1. The molecule has 132 valence electrons. The highest BCUT2D eigenvalue weighted by molar-refractivity contribution is 9.10. The highest BCUT2D eigenvalue weighted by Crippen LogP contribution is 2.31. The molecule has 0 bridgehead atoms. The molecule has 26 heavy (non-hydrogen) atoms. The molecule has 1 aromatic carbocycles. The van der Waals surface area contributed by atoms with Crippen molar-refractivity contribution in [2.75, 3.05) is 12.3 Å². The van der Waals surface area contributed by atoms with Crippen LogP contribution in [0.5, 0.6) is 0 Å². The number of carbonyl (C=O) groups is 1. The van der Waals surface area contributed by atoms with Crippen molar-refractivity contribution in [1.29, 1.82) is 5.26 Å². The van der Waals surface area contributed by atoms with Crippen molar-refractivity contribution in [3.8, 4) is 6.07 Å². The predicted octanol–water partition coefficient (Wildman–Crippen LogP) is 2.90. The number of nitrogens with zero attached hydrogens (tertiary/aromatic N) is 3. The van der Waals surface area contributed by atoms with Crippen molar-refractivity contribution in [3.63, 3.8) is 0 Å². The van der Waals surface area contributed by atoms with Gasteiger partial charge >= 0.3 is 5.97 Å². The first-order chi connectivity index (χ1) is 12.5. The summed E-state index contributed by atoms with van der Waals surface area (Å²) in [5, 5.41) is 10.0. The van der Waals surface area contributed by atoms with E-state index < -0.39 is 5.97 Å². The summed E-state index contributed by atoms with van der Waals surface area (Å²) in [6, 6.07) is 7.21.